The molecule has 0 saturated carbocycles. The van der Waals surface area contributed by atoms with Gasteiger partial charge >= 0.3 is 6.09 Å². The number of aryl methyl sites for hydroxylation is 1. The van der Waals surface area contributed by atoms with E-state index in [-0.39, 0.29) is 5.91 Å². The molecule has 0 atom stereocenters. The largest absolute Gasteiger partial charge is 0.453 e. The Bertz CT molecular complexity index is 477. The van der Waals surface area contributed by atoms with Crippen molar-refractivity contribution in [2.75, 3.05) is 25.1 Å². The van der Waals surface area contributed by atoms with Crippen LogP contribution in [-0.2, 0) is 9.53 Å². The topological polar surface area (TPSA) is 58.6 Å². The second-order valence-electron chi connectivity index (χ2n) is 4.02. The lowest BCUT2D eigenvalue weighted by Crippen LogP contribution is -2.37. The minimum atomic E-state index is -0.523. The van der Waals surface area contributed by atoms with Crippen molar-refractivity contribution in [1.29, 1.82) is 0 Å². The van der Waals surface area contributed by atoms with E-state index in [9.17, 15) is 9.59 Å². The molecule has 19 heavy (non-hydrogen) atoms. The summed E-state index contributed by atoms with van der Waals surface area (Å²) in [5.41, 5.74) is 1.65. The number of alkyl carbamates (subject to hydrolysis) is 1. The number of hydrogen-bond donors (Lipinski definition) is 1. The molecule has 6 heteroatoms. The van der Waals surface area contributed by atoms with Gasteiger partial charge in [0.25, 0.3) is 0 Å². The van der Waals surface area contributed by atoms with Crippen molar-refractivity contribution in [2.45, 2.75) is 13.8 Å². The van der Waals surface area contributed by atoms with Crippen molar-refractivity contribution in [3.63, 3.8) is 0 Å². The maximum absolute atomic E-state index is 11.6. The van der Waals surface area contributed by atoms with E-state index < -0.39 is 6.09 Å². The van der Waals surface area contributed by atoms with Crippen LogP contribution in [-0.4, -0.2) is 32.2 Å². The number of halogens is 1. The summed E-state index contributed by atoms with van der Waals surface area (Å²) in [7, 11) is 1.29. The Morgan fingerprint density at radius 3 is 2.63 bits per heavy atom. The Morgan fingerprint density at radius 1 is 1.42 bits per heavy atom. The van der Waals surface area contributed by atoms with E-state index in [1.54, 1.807) is 11.0 Å². The normalized spacial score (nSPS) is 9.89. The number of rotatable bonds is 4. The molecule has 0 saturated heterocycles. The predicted octanol–water partition coefficient (Wildman–Crippen LogP) is 2.36. The molecule has 0 radical (unpaired) electrons. The van der Waals surface area contributed by atoms with Gasteiger partial charge in [-0.1, -0.05) is 17.7 Å². The maximum atomic E-state index is 11.6. The smallest absolute Gasteiger partial charge is 0.406 e. The summed E-state index contributed by atoms with van der Waals surface area (Å²) in [5, 5.41) is 3.13. The number of nitrogens with zero attached hydrogens (tertiary/aromatic N) is 1. The number of amides is 2. The van der Waals surface area contributed by atoms with Gasteiger partial charge in [0.2, 0.25) is 5.91 Å². The van der Waals surface area contributed by atoms with E-state index in [4.69, 9.17) is 11.6 Å². The summed E-state index contributed by atoms with van der Waals surface area (Å²) >= 11 is 6.04. The summed E-state index contributed by atoms with van der Waals surface area (Å²) in [6.45, 7) is 4.01. The highest BCUT2D eigenvalue weighted by Gasteiger charge is 2.12. The number of methoxy groups -OCH3 is 1. The molecule has 1 rings (SSSR count). The van der Waals surface area contributed by atoms with Crippen LogP contribution in [0.25, 0.3) is 0 Å². The Hall–Kier alpha value is -1.75. The second kappa shape index (κ2) is 6.99. The summed E-state index contributed by atoms with van der Waals surface area (Å²) in [6.07, 6.45) is -0.523. The highest BCUT2D eigenvalue weighted by Crippen LogP contribution is 2.23. The highest BCUT2D eigenvalue weighted by molar-refractivity contribution is 6.31. The molecule has 0 aromatic heterocycles. The molecule has 2 amide bonds. The average molecular weight is 285 g/mol. The molecule has 1 N–H and O–H groups in total. The number of benzene rings is 1. The van der Waals surface area contributed by atoms with E-state index in [2.05, 4.69) is 10.1 Å². The molecule has 0 spiro atoms. The number of ether oxygens (including phenoxy) is 1. The quantitative estimate of drug-likeness (QED) is 0.923. The Kier molecular flexibility index (Phi) is 5.63. The van der Waals surface area contributed by atoms with Gasteiger partial charge in [0.15, 0.2) is 0 Å². The van der Waals surface area contributed by atoms with Gasteiger partial charge in [0, 0.05) is 30.7 Å². The molecule has 1 aromatic rings. The summed E-state index contributed by atoms with van der Waals surface area (Å²) in [5.74, 6) is -0.119. The van der Waals surface area contributed by atoms with Crippen LogP contribution < -0.4 is 10.2 Å². The second-order valence-corrected chi connectivity index (χ2v) is 4.43. The summed E-state index contributed by atoms with van der Waals surface area (Å²) in [6, 6.07) is 5.40. The van der Waals surface area contributed by atoms with Gasteiger partial charge in [-0.15, -0.1) is 0 Å². The molecule has 5 nitrogen and oxygen atoms in total. The third-order valence-corrected chi connectivity index (χ3v) is 3.04. The van der Waals surface area contributed by atoms with E-state index in [1.807, 2.05) is 19.1 Å². The fraction of sp³-hybridized carbons (Fsp3) is 0.385. The third-order valence-electron chi connectivity index (χ3n) is 2.64. The Balaban J connectivity index is 2.74. The number of carbonyl (C=O) groups excluding carboxylic acids is 2. The zero-order chi connectivity index (χ0) is 14.4. The molecule has 0 unspecified atom stereocenters. The average Bonchev–Trinajstić information content (AvgIpc) is 2.37. The van der Waals surface area contributed by atoms with Crippen LogP contribution in [0.15, 0.2) is 18.2 Å². The minimum absolute atomic E-state index is 0.119. The fourth-order valence-corrected chi connectivity index (χ4v) is 1.73. The first-order valence-corrected chi connectivity index (χ1v) is 6.19. The van der Waals surface area contributed by atoms with Crippen molar-refractivity contribution in [1.82, 2.24) is 5.32 Å². The number of nitrogens with one attached hydrogen (secondary N) is 1. The molecule has 0 bridgehead atoms. The molecule has 0 aliphatic rings. The first-order valence-electron chi connectivity index (χ1n) is 5.81. The predicted molar refractivity (Wildman–Crippen MR) is 74.6 cm³/mol. The van der Waals surface area contributed by atoms with Crippen LogP contribution in [0.1, 0.15) is 12.5 Å². The van der Waals surface area contributed by atoms with Gasteiger partial charge in [0.05, 0.1) is 7.11 Å². The van der Waals surface area contributed by atoms with E-state index in [1.165, 1.54) is 14.0 Å². The Morgan fingerprint density at radius 2 is 2.11 bits per heavy atom. The SMILES string of the molecule is COC(=O)NCCN(C(C)=O)c1ccc(C)c(Cl)c1. The van der Waals surface area contributed by atoms with E-state index >= 15 is 0 Å². The lowest BCUT2D eigenvalue weighted by Gasteiger charge is -2.21. The van der Waals surface area contributed by atoms with E-state index in [0.717, 1.165) is 5.56 Å². The first-order chi connectivity index (χ1) is 8.95. The van der Waals surface area contributed by atoms with Crippen molar-refractivity contribution >= 4 is 29.3 Å². The van der Waals surface area contributed by atoms with Crippen molar-refractivity contribution in [2.24, 2.45) is 0 Å². The molecule has 0 aliphatic carbocycles. The van der Waals surface area contributed by atoms with Crippen molar-refractivity contribution in [3.8, 4) is 0 Å². The monoisotopic (exact) mass is 284 g/mol. The maximum Gasteiger partial charge on any atom is 0.406 e. The lowest BCUT2D eigenvalue weighted by atomic mass is 10.2. The van der Waals surface area contributed by atoms with Gasteiger partial charge in [-0.05, 0) is 24.6 Å². The van der Waals surface area contributed by atoms with Gasteiger partial charge in [-0.25, -0.2) is 4.79 Å². The Labute approximate surface area is 117 Å². The molecule has 0 heterocycles. The molecular formula is C13H17ClN2O3. The van der Waals surface area contributed by atoms with Gasteiger partial charge in [-0.2, -0.15) is 0 Å². The molecule has 0 fully saturated rings. The first kappa shape index (κ1) is 15.3. The lowest BCUT2D eigenvalue weighted by molar-refractivity contribution is -0.116. The zero-order valence-electron chi connectivity index (χ0n) is 11.2. The number of anilines is 1. The standard InChI is InChI=1S/C13H17ClN2O3/c1-9-4-5-11(8-12(9)14)16(10(2)17)7-6-15-13(18)19-3/h4-5,8H,6-7H2,1-3H3,(H,15,18). The van der Waals surface area contributed by atoms with Gasteiger partial charge < -0.3 is 15.0 Å². The molecule has 1 aromatic carbocycles. The van der Waals surface area contributed by atoms with Gasteiger partial charge in [0.1, 0.15) is 0 Å². The summed E-state index contributed by atoms with van der Waals surface area (Å²) in [4.78, 5) is 24.1. The van der Waals surface area contributed by atoms with Crippen LogP contribution in [0, 0.1) is 6.92 Å². The van der Waals surface area contributed by atoms with Gasteiger partial charge in [-0.3, -0.25) is 4.79 Å². The number of carbonyl (C=O) groups is 2. The zero-order valence-corrected chi connectivity index (χ0v) is 12.0. The van der Waals surface area contributed by atoms with Crippen LogP contribution >= 0.6 is 11.6 Å². The van der Waals surface area contributed by atoms with Crippen LogP contribution in [0.4, 0.5) is 10.5 Å². The molecule has 104 valence electrons. The fourth-order valence-electron chi connectivity index (χ4n) is 1.56. The minimum Gasteiger partial charge on any atom is -0.453 e. The third kappa shape index (κ3) is 4.44. The molecule has 0 aliphatic heterocycles. The van der Waals surface area contributed by atoms with Crippen molar-refractivity contribution < 1.29 is 14.3 Å². The van der Waals surface area contributed by atoms with Crippen molar-refractivity contribution in [3.05, 3.63) is 28.8 Å². The van der Waals surface area contributed by atoms with E-state index in [0.29, 0.717) is 23.8 Å². The van der Waals surface area contributed by atoms with Crippen LogP contribution in [0.2, 0.25) is 5.02 Å². The highest BCUT2D eigenvalue weighted by atomic mass is 35.5. The summed E-state index contributed by atoms with van der Waals surface area (Å²) < 4.78 is 4.46. The van der Waals surface area contributed by atoms with Crippen LogP contribution in [0.5, 0.6) is 0 Å². The number of hydrogen-bond acceptors (Lipinski definition) is 3. The molecular weight excluding hydrogens is 268 g/mol. The van der Waals surface area contributed by atoms with Crippen LogP contribution in [0.3, 0.4) is 0 Å².